The van der Waals surface area contributed by atoms with E-state index in [1.54, 1.807) is 0 Å². The van der Waals surface area contributed by atoms with Crippen molar-refractivity contribution in [3.63, 3.8) is 0 Å². The number of benzene rings is 2. The molecular formula is C16H17BrClNO. The maximum atomic E-state index is 6.01. The maximum Gasteiger partial charge on any atom is 0.120 e. The lowest BCUT2D eigenvalue weighted by molar-refractivity contribution is 0.308. The number of rotatable bonds is 7. The Balaban J connectivity index is 1.77. The fourth-order valence-electron chi connectivity index (χ4n) is 1.91. The minimum atomic E-state index is 0.156. The normalized spacial score (nSPS) is 12.1. The van der Waals surface area contributed by atoms with Gasteiger partial charge in [-0.3, -0.25) is 0 Å². The van der Waals surface area contributed by atoms with Gasteiger partial charge in [0.1, 0.15) is 12.4 Å². The van der Waals surface area contributed by atoms with Gasteiger partial charge in [-0.2, -0.15) is 0 Å². The van der Waals surface area contributed by atoms with Gasteiger partial charge in [-0.05, 0) is 23.8 Å². The third-order valence-corrected chi connectivity index (χ3v) is 3.72. The van der Waals surface area contributed by atoms with Gasteiger partial charge in [0.2, 0.25) is 0 Å². The van der Waals surface area contributed by atoms with Crippen LogP contribution in [0.3, 0.4) is 0 Å². The maximum absolute atomic E-state index is 6.01. The zero-order valence-electron chi connectivity index (χ0n) is 11.1. The molecule has 2 rings (SSSR count). The van der Waals surface area contributed by atoms with Crippen molar-refractivity contribution in [1.82, 2.24) is 5.32 Å². The van der Waals surface area contributed by atoms with Crippen molar-refractivity contribution in [2.75, 3.05) is 19.0 Å². The van der Waals surface area contributed by atoms with Crippen molar-refractivity contribution in [3.8, 4) is 5.75 Å². The van der Waals surface area contributed by atoms with Crippen LogP contribution in [0.2, 0.25) is 0 Å². The third-order valence-electron chi connectivity index (χ3n) is 2.91. The lowest BCUT2D eigenvalue weighted by Gasteiger charge is -2.16. The lowest BCUT2D eigenvalue weighted by Crippen LogP contribution is -2.27. The summed E-state index contributed by atoms with van der Waals surface area (Å²) in [5, 5.41) is 3.40. The van der Waals surface area contributed by atoms with Gasteiger partial charge in [-0.15, -0.1) is 11.6 Å². The second kappa shape index (κ2) is 8.30. The number of ether oxygens (including phenoxy) is 1. The molecule has 20 heavy (non-hydrogen) atoms. The molecule has 2 nitrogen and oxygen atoms in total. The number of halogens is 2. The summed E-state index contributed by atoms with van der Waals surface area (Å²) in [5.41, 5.74) is 1.20. The molecule has 0 heterocycles. The van der Waals surface area contributed by atoms with Gasteiger partial charge in [0.05, 0.1) is 0 Å². The Morgan fingerprint density at radius 3 is 2.60 bits per heavy atom. The molecule has 0 aliphatic rings. The van der Waals surface area contributed by atoms with Crippen LogP contribution in [0.25, 0.3) is 0 Å². The highest BCUT2D eigenvalue weighted by molar-refractivity contribution is 9.10. The quantitative estimate of drug-likeness (QED) is 0.588. The fourth-order valence-corrected chi connectivity index (χ4v) is 2.57. The Bertz CT molecular complexity index is 521. The van der Waals surface area contributed by atoms with Crippen LogP contribution in [0.1, 0.15) is 11.6 Å². The number of hydrogen-bond acceptors (Lipinski definition) is 2. The number of hydrogen-bond donors (Lipinski definition) is 1. The molecule has 0 aromatic heterocycles. The average molecular weight is 355 g/mol. The van der Waals surface area contributed by atoms with Crippen LogP contribution in [0.15, 0.2) is 59.1 Å². The van der Waals surface area contributed by atoms with Gasteiger partial charge in [-0.1, -0.05) is 52.3 Å². The molecule has 0 saturated carbocycles. The topological polar surface area (TPSA) is 21.3 Å². The number of nitrogens with one attached hydrogen (secondary N) is 1. The zero-order chi connectivity index (χ0) is 14.2. The van der Waals surface area contributed by atoms with Crippen molar-refractivity contribution in [2.24, 2.45) is 0 Å². The Morgan fingerprint density at radius 1 is 1.10 bits per heavy atom. The van der Waals surface area contributed by atoms with Gasteiger partial charge >= 0.3 is 0 Å². The monoisotopic (exact) mass is 353 g/mol. The van der Waals surface area contributed by atoms with Crippen molar-refractivity contribution in [1.29, 1.82) is 0 Å². The molecule has 0 aliphatic heterocycles. The van der Waals surface area contributed by atoms with Crippen LogP contribution in [-0.4, -0.2) is 19.0 Å². The molecule has 1 atom stereocenters. The molecule has 2 aromatic carbocycles. The minimum absolute atomic E-state index is 0.156. The number of alkyl halides is 1. The van der Waals surface area contributed by atoms with Gasteiger partial charge in [-0.25, -0.2) is 0 Å². The summed E-state index contributed by atoms with van der Waals surface area (Å²) in [6.45, 7) is 1.36. The van der Waals surface area contributed by atoms with E-state index in [-0.39, 0.29) is 6.04 Å². The van der Waals surface area contributed by atoms with Crippen molar-refractivity contribution < 1.29 is 4.74 Å². The van der Waals surface area contributed by atoms with Crippen LogP contribution in [-0.2, 0) is 0 Å². The van der Waals surface area contributed by atoms with Gasteiger partial charge < -0.3 is 10.1 Å². The highest BCUT2D eigenvalue weighted by Crippen LogP contribution is 2.18. The molecule has 1 N–H and O–H groups in total. The molecule has 0 saturated heterocycles. The summed E-state index contributed by atoms with van der Waals surface area (Å²) in [4.78, 5) is 0. The first-order valence-electron chi connectivity index (χ1n) is 6.52. The van der Waals surface area contributed by atoms with Crippen LogP contribution in [0, 0.1) is 0 Å². The van der Waals surface area contributed by atoms with E-state index in [9.17, 15) is 0 Å². The first-order chi connectivity index (χ1) is 9.79. The standard InChI is InChI=1S/C16H17BrClNO/c17-14-7-4-8-15(11-14)20-10-9-19-16(12-18)13-5-2-1-3-6-13/h1-8,11,16,19H,9-10,12H2. The summed E-state index contributed by atoms with van der Waals surface area (Å²) in [6.07, 6.45) is 0. The van der Waals surface area contributed by atoms with Crippen molar-refractivity contribution >= 4 is 27.5 Å². The molecule has 0 radical (unpaired) electrons. The molecule has 4 heteroatoms. The van der Waals surface area contributed by atoms with E-state index < -0.39 is 0 Å². The van der Waals surface area contributed by atoms with E-state index in [1.165, 1.54) is 5.56 Å². The molecular weight excluding hydrogens is 338 g/mol. The SMILES string of the molecule is ClCC(NCCOc1cccc(Br)c1)c1ccccc1. The predicted octanol–water partition coefficient (Wildman–Crippen LogP) is 4.40. The molecule has 0 bridgehead atoms. The largest absolute Gasteiger partial charge is 0.492 e. The summed E-state index contributed by atoms with van der Waals surface area (Å²) < 4.78 is 6.70. The van der Waals surface area contributed by atoms with Crippen molar-refractivity contribution in [3.05, 3.63) is 64.6 Å². The Labute approximate surface area is 133 Å². The summed E-state index contributed by atoms with van der Waals surface area (Å²) in [5.74, 6) is 1.41. The Kier molecular flexibility index (Phi) is 6.37. The first-order valence-corrected chi connectivity index (χ1v) is 7.85. The Morgan fingerprint density at radius 2 is 1.90 bits per heavy atom. The van der Waals surface area contributed by atoms with Crippen LogP contribution in [0.4, 0.5) is 0 Å². The lowest BCUT2D eigenvalue weighted by atomic mass is 10.1. The predicted molar refractivity (Wildman–Crippen MR) is 87.5 cm³/mol. The van der Waals surface area contributed by atoms with E-state index in [4.69, 9.17) is 16.3 Å². The fraction of sp³-hybridized carbons (Fsp3) is 0.250. The second-order valence-electron chi connectivity index (χ2n) is 4.38. The molecule has 0 aliphatic carbocycles. The smallest absolute Gasteiger partial charge is 0.120 e. The average Bonchev–Trinajstić information content (AvgIpc) is 2.48. The van der Waals surface area contributed by atoms with Gasteiger partial charge in [0.25, 0.3) is 0 Å². The first kappa shape index (κ1) is 15.4. The molecule has 106 valence electrons. The molecule has 0 amide bonds. The Hall–Kier alpha value is -1.03. The van der Waals surface area contributed by atoms with E-state index in [0.717, 1.165) is 16.8 Å². The van der Waals surface area contributed by atoms with E-state index >= 15 is 0 Å². The summed E-state index contributed by atoms with van der Waals surface area (Å²) in [7, 11) is 0. The van der Waals surface area contributed by atoms with Crippen molar-refractivity contribution in [2.45, 2.75) is 6.04 Å². The van der Waals surface area contributed by atoms with Crippen LogP contribution >= 0.6 is 27.5 Å². The summed E-state index contributed by atoms with van der Waals surface area (Å²) in [6, 6.07) is 18.2. The third kappa shape index (κ3) is 4.82. The van der Waals surface area contributed by atoms with Crippen LogP contribution in [0.5, 0.6) is 5.75 Å². The van der Waals surface area contributed by atoms with E-state index in [1.807, 2.05) is 42.5 Å². The molecule has 0 spiro atoms. The van der Waals surface area contributed by atoms with Crippen LogP contribution < -0.4 is 10.1 Å². The zero-order valence-corrected chi connectivity index (χ0v) is 13.4. The van der Waals surface area contributed by atoms with E-state index in [0.29, 0.717) is 12.5 Å². The highest BCUT2D eigenvalue weighted by Gasteiger charge is 2.08. The molecule has 1 unspecified atom stereocenters. The molecule has 0 fully saturated rings. The van der Waals surface area contributed by atoms with Gasteiger partial charge in [0.15, 0.2) is 0 Å². The summed E-state index contributed by atoms with van der Waals surface area (Å²) >= 11 is 9.43. The van der Waals surface area contributed by atoms with Gasteiger partial charge in [0, 0.05) is 22.9 Å². The highest BCUT2D eigenvalue weighted by atomic mass is 79.9. The molecule has 2 aromatic rings. The minimum Gasteiger partial charge on any atom is -0.492 e. The van der Waals surface area contributed by atoms with E-state index in [2.05, 4.69) is 33.4 Å². The second-order valence-corrected chi connectivity index (χ2v) is 5.60.